The van der Waals surface area contributed by atoms with Gasteiger partial charge < -0.3 is 0 Å². The van der Waals surface area contributed by atoms with Gasteiger partial charge in [-0.25, -0.2) is 9.13 Å². The average Bonchev–Trinajstić information content (AvgIpc) is 2.96. The molecule has 2 aromatic carbocycles. The van der Waals surface area contributed by atoms with Crippen LogP contribution >= 0.6 is 0 Å². The largest absolute Gasteiger partial charge is 0.244 e. The number of nitrogens with zero attached hydrogens (tertiary/aromatic N) is 2. The SMILES string of the molecule is CCc1ccc(C[n+]2ccn(Cc3ccccc3)c2)cc1. The van der Waals surface area contributed by atoms with Crippen LogP contribution in [-0.2, 0) is 19.5 Å². The lowest BCUT2D eigenvalue weighted by molar-refractivity contribution is -0.687. The molecule has 0 unspecified atom stereocenters. The zero-order chi connectivity index (χ0) is 14.5. The van der Waals surface area contributed by atoms with Crippen molar-refractivity contribution in [3.8, 4) is 0 Å². The highest BCUT2D eigenvalue weighted by Crippen LogP contribution is 2.05. The van der Waals surface area contributed by atoms with Gasteiger partial charge in [0.25, 0.3) is 0 Å². The quantitative estimate of drug-likeness (QED) is 0.632. The summed E-state index contributed by atoms with van der Waals surface area (Å²) < 4.78 is 4.44. The third kappa shape index (κ3) is 3.60. The van der Waals surface area contributed by atoms with Gasteiger partial charge in [0, 0.05) is 0 Å². The fraction of sp³-hybridized carbons (Fsp3) is 0.211. The third-order valence-corrected chi connectivity index (χ3v) is 3.75. The van der Waals surface area contributed by atoms with Crippen LogP contribution in [-0.4, -0.2) is 4.57 Å². The van der Waals surface area contributed by atoms with Crippen molar-refractivity contribution in [2.75, 3.05) is 0 Å². The molecule has 2 heteroatoms. The highest BCUT2D eigenvalue weighted by Gasteiger charge is 2.05. The molecule has 21 heavy (non-hydrogen) atoms. The molecular formula is C19H21N2+. The van der Waals surface area contributed by atoms with Crippen LogP contribution in [0.2, 0.25) is 0 Å². The minimum atomic E-state index is 0.919. The first kappa shape index (κ1) is 13.6. The molecule has 106 valence electrons. The minimum Gasteiger partial charge on any atom is -0.233 e. The zero-order valence-electron chi connectivity index (χ0n) is 12.4. The van der Waals surface area contributed by atoms with Gasteiger partial charge in [-0.15, -0.1) is 0 Å². The molecule has 0 radical (unpaired) electrons. The number of aryl methyl sites for hydroxylation is 1. The molecule has 0 saturated heterocycles. The summed E-state index contributed by atoms with van der Waals surface area (Å²) in [6.45, 7) is 4.03. The van der Waals surface area contributed by atoms with Crippen molar-refractivity contribution in [1.82, 2.24) is 4.57 Å². The summed E-state index contributed by atoms with van der Waals surface area (Å²) in [7, 11) is 0. The average molecular weight is 277 g/mol. The number of imidazole rings is 1. The second-order valence-electron chi connectivity index (χ2n) is 5.41. The van der Waals surface area contributed by atoms with Crippen LogP contribution in [0.5, 0.6) is 0 Å². The van der Waals surface area contributed by atoms with Gasteiger partial charge in [-0.2, -0.15) is 0 Å². The van der Waals surface area contributed by atoms with Crippen molar-refractivity contribution >= 4 is 0 Å². The summed E-state index contributed by atoms with van der Waals surface area (Å²) in [4.78, 5) is 0. The van der Waals surface area contributed by atoms with E-state index in [4.69, 9.17) is 0 Å². The first-order valence-corrected chi connectivity index (χ1v) is 7.50. The molecule has 2 nitrogen and oxygen atoms in total. The fourth-order valence-electron chi connectivity index (χ4n) is 2.51. The molecular weight excluding hydrogens is 256 g/mol. The molecule has 0 saturated carbocycles. The summed E-state index contributed by atoms with van der Waals surface area (Å²) in [5.41, 5.74) is 4.06. The van der Waals surface area contributed by atoms with Crippen LogP contribution in [0.15, 0.2) is 73.3 Å². The molecule has 0 atom stereocenters. The van der Waals surface area contributed by atoms with Gasteiger partial charge in [-0.1, -0.05) is 61.5 Å². The normalized spacial score (nSPS) is 10.7. The standard InChI is InChI=1S/C19H21N2/c1-2-17-8-10-19(11-9-17)15-21-13-12-20(16-21)14-18-6-4-3-5-7-18/h3-13,16H,2,14-15H2,1H3/q+1. The van der Waals surface area contributed by atoms with E-state index in [1.54, 1.807) is 0 Å². The van der Waals surface area contributed by atoms with Crippen molar-refractivity contribution in [1.29, 1.82) is 0 Å². The van der Waals surface area contributed by atoms with Crippen LogP contribution < -0.4 is 4.57 Å². The van der Waals surface area contributed by atoms with E-state index in [1.165, 1.54) is 16.7 Å². The Morgan fingerprint density at radius 2 is 1.57 bits per heavy atom. The van der Waals surface area contributed by atoms with Crippen molar-refractivity contribution in [2.24, 2.45) is 0 Å². The summed E-state index contributed by atoms with van der Waals surface area (Å²) >= 11 is 0. The number of hydrogen-bond donors (Lipinski definition) is 0. The first-order chi connectivity index (χ1) is 10.3. The molecule has 0 bridgehead atoms. The Morgan fingerprint density at radius 1 is 0.857 bits per heavy atom. The molecule has 0 spiro atoms. The highest BCUT2D eigenvalue weighted by atomic mass is 15.1. The molecule has 0 aliphatic carbocycles. The van der Waals surface area contributed by atoms with Gasteiger partial charge in [0.2, 0.25) is 6.33 Å². The lowest BCUT2D eigenvalue weighted by atomic mass is 10.1. The predicted octanol–water partition coefficient (Wildman–Crippen LogP) is 3.43. The highest BCUT2D eigenvalue weighted by molar-refractivity contribution is 5.21. The number of rotatable bonds is 5. The van der Waals surface area contributed by atoms with E-state index in [0.29, 0.717) is 0 Å². The molecule has 0 aliphatic heterocycles. The van der Waals surface area contributed by atoms with E-state index in [9.17, 15) is 0 Å². The van der Waals surface area contributed by atoms with Crippen molar-refractivity contribution in [3.05, 3.63) is 90.0 Å². The van der Waals surface area contributed by atoms with E-state index in [1.807, 2.05) is 0 Å². The Hall–Kier alpha value is -2.35. The zero-order valence-corrected chi connectivity index (χ0v) is 12.4. The van der Waals surface area contributed by atoms with Crippen LogP contribution in [0.1, 0.15) is 23.6 Å². The minimum absolute atomic E-state index is 0.919. The van der Waals surface area contributed by atoms with E-state index in [2.05, 4.69) is 89.4 Å². The third-order valence-electron chi connectivity index (χ3n) is 3.75. The van der Waals surface area contributed by atoms with Gasteiger partial charge in [-0.3, -0.25) is 0 Å². The Balaban J connectivity index is 1.67. The second kappa shape index (κ2) is 6.40. The van der Waals surface area contributed by atoms with Gasteiger partial charge >= 0.3 is 0 Å². The number of benzene rings is 2. The van der Waals surface area contributed by atoms with E-state index >= 15 is 0 Å². The first-order valence-electron chi connectivity index (χ1n) is 7.50. The molecule has 0 amide bonds. The topological polar surface area (TPSA) is 8.81 Å². The molecule has 1 heterocycles. The van der Waals surface area contributed by atoms with Gasteiger partial charge in [0.15, 0.2) is 0 Å². The number of aromatic nitrogens is 2. The summed E-state index contributed by atoms with van der Waals surface area (Å²) in [6, 6.07) is 19.4. The Morgan fingerprint density at radius 3 is 2.29 bits per heavy atom. The van der Waals surface area contributed by atoms with Crippen molar-refractivity contribution in [3.63, 3.8) is 0 Å². The Kier molecular flexibility index (Phi) is 4.15. The Labute approximate surface area is 126 Å². The lowest BCUT2D eigenvalue weighted by Gasteiger charge is -2.00. The maximum absolute atomic E-state index is 2.23. The van der Waals surface area contributed by atoms with E-state index in [-0.39, 0.29) is 0 Å². The molecule has 0 N–H and O–H groups in total. The van der Waals surface area contributed by atoms with Gasteiger partial charge in [-0.05, 0) is 23.1 Å². The maximum atomic E-state index is 2.23. The summed E-state index contributed by atoms with van der Waals surface area (Å²) in [6.07, 6.45) is 7.53. The lowest BCUT2D eigenvalue weighted by Crippen LogP contribution is -2.31. The predicted molar refractivity (Wildman–Crippen MR) is 85.1 cm³/mol. The molecule has 0 fully saturated rings. The van der Waals surface area contributed by atoms with Crippen molar-refractivity contribution < 1.29 is 4.57 Å². The van der Waals surface area contributed by atoms with E-state index < -0.39 is 0 Å². The monoisotopic (exact) mass is 277 g/mol. The van der Waals surface area contributed by atoms with Gasteiger partial charge in [0.05, 0.1) is 0 Å². The van der Waals surface area contributed by atoms with Crippen LogP contribution in [0.25, 0.3) is 0 Å². The van der Waals surface area contributed by atoms with Crippen LogP contribution in [0.4, 0.5) is 0 Å². The summed E-state index contributed by atoms with van der Waals surface area (Å²) in [5.74, 6) is 0. The van der Waals surface area contributed by atoms with Crippen molar-refractivity contribution in [2.45, 2.75) is 26.4 Å². The smallest absolute Gasteiger partial charge is 0.233 e. The van der Waals surface area contributed by atoms with Crippen LogP contribution in [0, 0.1) is 0 Å². The van der Waals surface area contributed by atoms with Crippen LogP contribution in [0.3, 0.4) is 0 Å². The molecule has 3 aromatic rings. The fourth-order valence-corrected chi connectivity index (χ4v) is 2.51. The molecule has 1 aromatic heterocycles. The molecule has 3 rings (SSSR count). The summed E-state index contributed by atoms with van der Waals surface area (Å²) in [5, 5.41) is 0. The van der Waals surface area contributed by atoms with Gasteiger partial charge in [0.1, 0.15) is 25.5 Å². The molecule has 0 aliphatic rings. The number of hydrogen-bond acceptors (Lipinski definition) is 0. The second-order valence-corrected chi connectivity index (χ2v) is 5.41. The van der Waals surface area contributed by atoms with E-state index in [0.717, 1.165) is 19.5 Å². The maximum Gasteiger partial charge on any atom is 0.244 e. The Bertz CT molecular complexity index is 681.